The van der Waals surface area contributed by atoms with Crippen molar-refractivity contribution in [2.75, 3.05) is 0 Å². The van der Waals surface area contributed by atoms with Crippen LogP contribution in [0.25, 0.3) is 5.69 Å². The van der Waals surface area contributed by atoms with Crippen LogP contribution >= 0.6 is 0 Å². The van der Waals surface area contributed by atoms with Crippen LogP contribution in [0.3, 0.4) is 0 Å². The Kier molecular flexibility index (Phi) is 2.86. The highest BCUT2D eigenvalue weighted by atomic mass is 19.1. The molecule has 1 aromatic heterocycles. The summed E-state index contributed by atoms with van der Waals surface area (Å²) in [6.07, 6.45) is 2.08. The first-order chi connectivity index (χ1) is 10.3. The number of hydrogen-bond donors (Lipinski definition) is 1. The van der Waals surface area contributed by atoms with Crippen molar-refractivity contribution in [2.45, 2.75) is 12.6 Å². The van der Waals surface area contributed by atoms with Gasteiger partial charge >= 0.3 is 0 Å². The molecule has 4 rings (SSSR count). The lowest BCUT2D eigenvalue weighted by Crippen LogP contribution is -2.21. The van der Waals surface area contributed by atoms with E-state index in [0.717, 1.165) is 12.1 Å². The number of nitrogens with zero attached hydrogens (tertiary/aromatic N) is 1. The van der Waals surface area contributed by atoms with Crippen LogP contribution in [0.5, 0.6) is 0 Å². The first-order valence-corrected chi connectivity index (χ1v) is 7.07. The fraction of sp³-hybridized carbons (Fsp3) is 0.111. The Morgan fingerprint density at radius 2 is 1.76 bits per heavy atom. The Balaban J connectivity index is 1.85. The van der Waals surface area contributed by atoms with Gasteiger partial charge in [0.25, 0.3) is 0 Å². The van der Waals surface area contributed by atoms with E-state index in [0.29, 0.717) is 0 Å². The second-order valence-electron chi connectivity index (χ2n) is 5.30. The first-order valence-electron chi connectivity index (χ1n) is 7.07. The minimum atomic E-state index is -0.203. The lowest BCUT2D eigenvalue weighted by molar-refractivity contribution is 0.594. The van der Waals surface area contributed by atoms with E-state index in [9.17, 15) is 4.39 Å². The van der Waals surface area contributed by atoms with Gasteiger partial charge in [0.15, 0.2) is 0 Å². The van der Waals surface area contributed by atoms with E-state index in [2.05, 4.69) is 52.5 Å². The summed E-state index contributed by atoms with van der Waals surface area (Å²) < 4.78 is 15.4. The molecule has 1 aliphatic rings. The molecule has 3 aromatic rings. The van der Waals surface area contributed by atoms with Gasteiger partial charge in [0.05, 0.1) is 6.04 Å². The van der Waals surface area contributed by atoms with Crippen LogP contribution in [-0.4, -0.2) is 4.57 Å². The van der Waals surface area contributed by atoms with Gasteiger partial charge in [-0.15, -0.1) is 0 Å². The SMILES string of the molecule is Fc1ccc([C@@H]2NCc3ccccc3-n3cccc32)cc1. The lowest BCUT2D eigenvalue weighted by atomic mass is 10.0. The smallest absolute Gasteiger partial charge is 0.123 e. The molecular weight excluding hydrogens is 263 g/mol. The predicted molar refractivity (Wildman–Crippen MR) is 80.9 cm³/mol. The quantitative estimate of drug-likeness (QED) is 0.716. The minimum Gasteiger partial charge on any atom is -0.319 e. The molecule has 0 saturated carbocycles. The van der Waals surface area contributed by atoms with Crippen molar-refractivity contribution in [3.05, 3.63) is 89.5 Å². The van der Waals surface area contributed by atoms with Crippen molar-refractivity contribution in [2.24, 2.45) is 0 Å². The van der Waals surface area contributed by atoms with Crippen molar-refractivity contribution in [3.63, 3.8) is 0 Å². The van der Waals surface area contributed by atoms with Crippen LogP contribution in [0.2, 0.25) is 0 Å². The summed E-state index contributed by atoms with van der Waals surface area (Å²) in [4.78, 5) is 0. The van der Waals surface area contributed by atoms with Crippen molar-refractivity contribution in [3.8, 4) is 5.69 Å². The van der Waals surface area contributed by atoms with Gasteiger partial charge in [-0.25, -0.2) is 4.39 Å². The molecule has 0 spiro atoms. The third-order valence-corrected chi connectivity index (χ3v) is 4.03. The Morgan fingerprint density at radius 1 is 0.952 bits per heavy atom. The average Bonchev–Trinajstić information content (AvgIpc) is 2.93. The second-order valence-corrected chi connectivity index (χ2v) is 5.30. The van der Waals surface area contributed by atoms with Crippen LogP contribution in [-0.2, 0) is 6.54 Å². The molecule has 0 saturated heterocycles. The highest BCUT2D eigenvalue weighted by Gasteiger charge is 2.22. The summed E-state index contributed by atoms with van der Waals surface area (Å²) in [6.45, 7) is 0.792. The van der Waals surface area contributed by atoms with Crippen LogP contribution in [0.1, 0.15) is 22.9 Å². The normalized spacial score (nSPS) is 16.9. The van der Waals surface area contributed by atoms with Crippen LogP contribution in [0.15, 0.2) is 66.9 Å². The van der Waals surface area contributed by atoms with Crippen molar-refractivity contribution in [1.82, 2.24) is 9.88 Å². The first kappa shape index (κ1) is 12.4. The third kappa shape index (κ3) is 2.06. The van der Waals surface area contributed by atoms with E-state index in [1.54, 1.807) is 0 Å². The summed E-state index contributed by atoms with van der Waals surface area (Å²) in [5.41, 5.74) is 4.71. The minimum absolute atomic E-state index is 0.0630. The molecule has 2 heterocycles. The standard InChI is InChI=1S/C18H15FN2/c19-15-9-7-13(8-10-15)18-17-6-3-11-21(17)16-5-2-1-4-14(16)12-20-18/h1-11,18,20H,12H2/t18-/m0/s1. The van der Waals surface area contributed by atoms with Crippen molar-refractivity contribution >= 4 is 0 Å². The summed E-state index contributed by atoms with van der Waals surface area (Å²) in [6, 6.07) is 19.3. The molecule has 1 atom stereocenters. The zero-order chi connectivity index (χ0) is 14.2. The predicted octanol–water partition coefficient (Wildman–Crippen LogP) is 3.81. The molecule has 0 radical (unpaired) electrons. The molecule has 2 aromatic carbocycles. The topological polar surface area (TPSA) is 17.0 Å². The summed E-state index contributed by atoms with van der Waals surface area (Å²) in [7, 11) is 0. The average molecular weight is 278 g/mol. The van der Waals surface area contributed by atoms with Gasteiger partial charge in [0.1, 0.15) is 5.82 Å². The maximum atomic E-state index is 13.2. The van der Waals surface area contributed by atoms with Gasteiger partial charge in [-0.2, -0.15) is 0 Å². The fourth-order valence-electron chi connectivity index (χ4n) is 3.00. The van der Waals surface area contributed by atoms with Gasteiger partial charge < -0.3 is 9.88 Å². The van der Waals surface area contributed by atoms with Gasteiger partial charge in [-0.1, -0.05) is 30.3 Å². The zero-order valence-electron chi connectivity index (χ0n) is 11.5. The molecule has 3 heteroatoms. The number of halogens is 1. The molecule has 1 aliphatic heterocycles. The van der Waals surface area contributed by atoms with Crippen molar-refractivity contribution < 1.29 is 4.39 Å². The largest absolute Gasteiger partial charge is 0.319 e. The number of fused-ring (bicyclic) bond motifs is 3. The Hall–Kier alpha value is -2.39. The number of rotatable bonds is 1. The van der Waals surface area contributed by atoms with E-state index >= 15 is 0 Å². The second kappa shape index (κ2) is 4.86. The molecule has 0 fully saturated rings. The maximum absolute atomic E-state index is 13.2. The van der Waals surface area contributed by atoms with E-state index in [4.69, 9.17) is 0 Å². The molecule has 2 nitrogen and oxygen atoms in total. The molecular formula is C18H15FN2. The number of hydrogen-bond acceptors (Lipinski definition) is 1. The van der Waals surface area contributed by atoms with E-state index in [1.165, 1.54) is 29.1 Å². The molecule has 0 amide bonds. The van der Waals surface area contributed by atoms with Crippen LogP contribution in [0, 0.1) is 5.82 Å². The number of nitrogens with one attached hydrogen (secondary N) is 1. The Labute approximate surface area is 122 Å². The molecule has 0 aliphatic carbocycles. The molecule has 21 heavy (non-hydrogen) atoms. The number of benzene rings is 2. The zero-order valence-corrected chi connectivity index (χ0v) is 11.5. The monoisotopic (exact) mass is 278 g/mol. The maximum Gasteiger partial charge on any atom is 0.123 e. The fourth-order valence-corrected chi connectivity index (χ4v) is 3.00. The van der Waals surface area contributed by atoms with Gasteiger partial charge in [0.2, 0.25) is 0 Å². The van der Waals surface area contributed by atoms with E-state index < -0.39 is 0 Å². The molecule has 1 N–H and O–H groups in total. The third-order valence-electron chi connectivity index (χ3n) is 4.03. The van der Waals surface area contributed by atoms with Crippen molar-refractivity contribution in [1.29, 1.82) is 0 Å². The number of para-hydroxylation sites is 1. The highest BCUT2D eigenvalue weighted by Crippen LogP contribution is 2.30. The van der Waals surface area contributed by atoms with Gasteiger partial charge in [0, 0.05) is 24.1 Å². The molecule has 0 unspecified atom stereocenters. The van der Waals surface area contributed by atoms with E-state index in [1.807, 2.05) is 12.1 Å². The highest BCUT2D eigenvalue weighted by molar-refractivity contribution is 5.46. The molecule has 104 valence electrons. The molecule has 0 bridgehead atoms. The summed E-state index contributed by atoms with van der Waals surface area (Å²) in [5.74, 6) is -0.203. The van der Waals surface area contributed by atoms with Crippen LogP contribution in [0.4, 0.5) is 4.39 Å². The number of aromatic nitrogens is 1. The van der Waals surface area contributed by atoms with Gasteiger partial charge in [-0.05, 0) is 41.5 Å². The lowest BCUT2D eigenvalue weighted by Gasteiger charge is -2.18. The Morgan fingerprint density at radius 3 is 2.62 bits per heavy atom. The van der Waals surface area contributed by atoms with E-state index in [-0.39, 0.29) is 11.9 Å². The summed E-state index contributed by atoms with van der Waals surface area (Å²) >= 11 is 0. The Bertz CT molecular complexity index is 774. The van der Waals surface area contributed by atoms with Crippen LogP contribution < -0.4 is 5.32 Å². The summed E-state index contributed by atoms with van der Waals surface area (Å²) in [5, 5.41) is 3.57. The van der Waals surface area contributed by atoms with Gasteiger partial charge in [-0.3, -0.25) is 0 Å².